The summed E-state index contributed by atoms with van der Waals surface area (Å²) in [6.45, 7) is 4.89. The van der Waals surface area contributed by atoms with E-state index < -0.39 is 17.7 Å². The van der Waals surface area contributed by atoms with Crippen LogP contribution in [0.5, 0.6) is 5.75 Å². The number of benzene rings is 1. The Morgan fingerprint density at radius 1 is 1.12 bits per heavy atom. The minimum absolute atomic E-state index is 0.0872. The molecule has 1 aliphatic rings. The van der Waals surface area contributed by atoms with Crippen molar-refractivity contribution < 1.29 is 19.4 Å². The number of aliphatic hydroxyl groups excluding tert-OH is 1. The molecular formula is C25H24N2O4S. The van der Waals surface area contributed by atoms with E-state index in [-0.39, 0.29) is 17.9 Å². The van der Waals surface area contributed by atoms with Gasteiger partial charge in [0.25, 0.3) is 11.7 Å². The van der Waals surface area contributed by atoms with Crippen LogP contribution in [0.4, 0.5) is 0 Å². The second-order valence-electron chi connectivity index (χ2n) is 7.99. The van der Waals surface area contributed by atoms with Crippen LogP contribution < -0.4 is 4.74 Å². The summed E-state index contributed by atoms with van der Waals surface area (Å²) in [5.74, 6) is -0.463. The normalized spacial score (nSPS) is 17.8. The quantitative estimate of drug-likeness (QED) is 0.319. The summed E-state index contributed by atoms with van der Waals surface area (Å²) in [6, 6.07) is 15.4. The Kier molecular flexibility index (Phi) is 6.37. The zero-order valence-electron chi connectivity index (χ0n) is 17.9. The highest BCUT2D eigenvalue weighted by atomic mass is 32.1. The third kappa shape index (κ3) is 4.43. The molecule has 1 atom stereocenters. The molecule has 0 bridgehead atoms. The highest BCUT2D eigenvalue weighted by Crippen LogP contribution is 2.41. The number of amides is 1. The van der Waals surface area contributed by atoms with Gasteiger partial charge < -0.3 is 14.7 Å². The fourth-order valence-corrected chi connectivity index (χ4v) is 4.42. The average Bonchev–Trinajstić information content (AvgIpc) is 3.41. The van der Waals surface area contributed by atoms with Crippen molar-refractivity contribution in [1.29, 1.82) is 0 Å². The van der Waals surface area contributed by atoms with Crippen molar-refractivity contribution in [2.45, 2.75) is 26.4 Å². The maximum atomic E-state index is 13.0. The van der Waals surface area contributed by atoms with E-state index in [2.05, 4.69) is 18.8 Å². The summed E-state index contributed by atoms with van der Waals surface area (Å²) >= 11 is 1.43. The van der Waals surface area contributed by atoms with E-state index >= 15 is 0 Å². The summed E-state index contributed by atoms with van der Waals surface area (Å²) in [6.07, 6.45) is 1.65. The Labute approximate surface area is 190 Å². The first kappa shape index (κ1) is 21.8. The predicted octanol–water partition coefficient (Wildman–Crippen LogP) is 4.80. The molecular weight excluding hydrogens is 424 g/mol. The molecule has 1 unspecified atom stereocenters. The van der Waals surface area contributed by atoms with Crippen molar-refractivity contribution in [3.05, 3.63) is 87.9 Å². The predicted molar refractivity (Wildman–Crippen MR) is 123 cm³/mol. The van der Waals surface area contributed by atoms with E-state index in [9.17, 15) is 14.7 Å². The van der Waals surface area contributed by atoms with Crippen LogP contribution in [0.1, 0.15) is 36.0 Å². The number of Topliss-reactive ketones (excluding diaryl/α,β-unsaturated/α-hetero) is 1. The van der Waals surface area contributed by atoms with Gasteiger partial charge in [-0.25, -0.2) is 0 Å². The lowest BCUT2D eigenvalue weighted by atomic mass is 10.00. The van der Waals surface area contributed by atoms with Gasteiger partial charge in [-0.2, -0.15) is 0 Å². The molecule has 1 aliphatic heterocycles. The maximum absolute atomic E-state index is 13.0. The molecule has 0 radical (unpaired) electrons. The average molecular weight is 449 g/mol. The third-order valence-electron chi connectivity index (χ3n) is 5.12. The minimum atomic E-state index is -0.697. The second-order valence-corrected chi connectivity index (χ2v) is 8.97. The smallest absolute Gasteiger partial charge is 0.296 e. The molecule has 6 nitrogen and oxygen atoms in total. The lowest BCUT2D eigenvalue weighted by Gasteiger charge is -2.23. The van der Waals surface area contributed by atoms with Gasteiger partial charge in [0.2, 0.25) is 0 Å². The van der Waals surface area contributed by atoms with Crippen LogP contribution in [0.15, 0.2) is 71.7 Å². The van der Waals surface area contributed by atoms with E-state index in [4.69, 9.17) is 4.74 Å². The standard InChI is InChI=1S/C25H24N2O4S/c1-16(2)15-31-19-10-8-17(9-11-19)23(28)21-22(20-7-5-13-32-20)27(25(30)24(21)29)14-18-6-3-4-12-26-18/h3-13,16,22,28H,14-15H2,1-2H3/b23-21-. The van der Waals surface area contributed by atoms with Gasteiger partial charge in [0.05, 0.1) is 24.4 Å². The molecule has 7 heteroatoms. The molecule has 1 N–H and O–H groups in total. The van der Waals surface area contributed by atoms with E-state index in [1.54, 1.807) is 42.6 Å². The van der Waals surface area contributed by atoms with Gasteiger partial charge in [-0.3, -0.25) is 14.6 Å². The fourth-order valence-electron chi connectivity index (χ4n) is 3.58. The summed E-state index contributed by atoms with van der Waals surface area (Å²) in [5, 5.41) is 13.0. The fraction of sp³-hybridized carbons (Fsp3) is 0.240. The largest absolute Gasteiger partial charge is 0.507 e. The number of likely N-dealkylation sites (tertiary alicyclic amines) is 1. The minimum Gasteiger partial charge on any atom is -0.507 e. The molecule has 0 spiro atoms. The summed E-state index contributed by atoms with van der Waals surface area (Å²) < 4.78 is 5.70. The van der Waals surface area contributed by atoms with Gasteiger partial charge in [0, 0.05) is 16.6 Å². The van der Waals surface area contributed by atoms with Crippen LogP contribution in [-0.2, 0) is 16.1 Å². The van der Waals surface area contributed by atoms with Crippen molar-refractivity contribution >= 4 is 28.8 Å². The van der Waals surface area contributed by atoms with Crippen LogP contribution in [0.25, 0.3) is 5.76 Å². The van der Waals surface area contributed by atoms with Crippen molar-refractivity contribution in [3.63, 3.8) is 0 Å². The molecule has 2 aromatic heterocycles. The number of aromatic nitrogens is 1. The van der Waals surface area contributed by atoms with Crippen molar-refractivity contribution in [2.24, 2.45) is 5.92 Å². The van der Waals surface area contributed by atoms with Crippen molar-refractivity contribution in [1.82, 2.24) is 9.88 Å². The first-order valence-corrected chi connectivity index (χ1v) is 11.3. The van der Waals surface area contributed by atoms with Gasteiger partial charge in [-0.05, 0) is 53.8 Å². The van der Waals surface area contributed by atoms with Crippen LogP contribution in [0, 0.1) is 5.92 Å². The second kappa shape index (κ2) is 9.36. The highest BCUT2D eigenvalue weighted by Gasteiger charge is 2.46. The lowest BCUT2D eigenvalue weighted by Crippen LogP contribution is -2.29. The molecule has 32 heavy (non-hydrogen) atoms. The monoisotopic (exact) mass is 448 g/mol. The number of hydrogen-bond acceptors (Lipinski definition) is 6. The Morgan fingerprint density at radius 3 is 2.53 bits per heavy atom. The van der Waals surface area contributed by atoms with Crippen LogP contribution >= 0.6 is 11.3 Å². The van der Waals surface area contributed by atoms with Gasteiger partial charge in [-0.15, -0.1) is 11.3 Å². The molecule has 1 fully saturated rings. The number of pyridine rings is 1. The lowest BCUT2D eigenvalue weighted by molar-refractivity contribution is -0.140. The Hall–Kier alpha value is -3.45. The molecule has 0 saturated carbocycles. The SMILES string of the molecule is CC(C)COc1ccc(/C(O)=C2/C(=O)C(=O)N(Cc3ccccn3)C2c2cccs2)cc1. The Bertz CT molecular complexity index is 1120. The van der Waals surface area contributed by atoms with E-state index in [0.717, 1.165) is 4.88 Å². The zero-order chi connectivity index (χ0) is 22.7. The summed E-state index contributed by atoms with van der Waals surface area (Å²) in [5.41, 5.74) is 1.21. The number of ketones is 1. The number of nitrogens with zero attached hydrogens (tertiary/aromatic N) is 2. The number of carbonyl (C=O) groups excluding carboxylic acids is 2. The third-order valence-corrected chi connectivity index (χ3v) is 6.05. The van der Waals surface area contributed by atoms with Crippen molar-refractivity contribution in [2.75, 3.05) is 6.61 Å². The van der Waals surface area contributed by atoms with Crippen LogP contribution in [0.2, 0.25) is 0 Å². The Morgan fingerprint density at radius 2 is 1.91 bits per heavy atom. The van der Waals surface area contributed by atoms with E-state index in [1.807, 2.05) is 23.6 Å². The number of rotatable bonds is 7. The van der Waals surface area contributed by atoms with Gasteiger partial charge >= 0.3 is 0 Å². The molecule has 1 aromatic carbocycles. The van der Waals surface area contributed by atoms with Crippen molar-refractivity contribution in [3.8, 4) is 5.75 Å². The molecule has 0 aliphatic carbocycles. The number of hydrogen-bond donors (Lipinski definition) is 1. The number of carbonyl (C=O) groups is 2. The maximum Gasteiger partial charge on any atom is 0.296 e. The number of thiophene rings is 1. The molecule has 164 valence electrons. The molecule has 1 amide bonds. The van der Waals surface area contributed by atoms with Crippen LogP contribution in [0.3, 0.4) is 0 Å². The zero-order valence-corrected chi connectivity index (χ0v) is 18.7. The number of ether oxygens (including phenoxy) is 1. The van der Waals surface area contributed by atoms with Gasteiger partial charge in [0.1, 0.15) is 17.6 Å². The Balaban J connectivity index is 1.71. The van der Waals surface area contributed by atoms with E-state index in [0.29, 0.717) is 29.5 Å². The van der Waals surface area contributed by atoms with Gasteiger partial charge in [0.15, 0.2) is 0 Å². The molecule has 4 rings (SSSR count). The highest BCUT2D eigenvalue weighted by molar-refractivity contribution is 7.10. The topological polar surface area (TPSA) is 79.7 Å². The van der Waals surface area contributed by atoms with Gasteiger partial charge in [-0.1, -0.05) is 26.0 Å². The molecule has 3 aromatic rings. The first-order valence-electron chi connectivity index (χ1n) is 10.4. The first-order chi connectivity index (χ1) is 15.5. The molecule has 1 saturated heterocycles. The molecule has 3 heterocycles. The number of aliphatic hydroxyl groups is 1. The summed E-state index contributed by atoms with van der Waals surface area (Å²) in [4.78, 5) is 32.5. The van der Waals surface area contributed by atoms with Crippen LogP contribution in [-0.4, -0.2) is 33.3 Å². The summed E-state index contributed by atoms with van der Waals surface area (Å²) in [7, 11) is 0. The van der Waals surface area contributed by atoms with E-state index in [1.165, 1.54) is 16.2 Å².